The van der Waals surface area contributed by atoms with E-state index in [4.69, 9.17) is 9.47 Å². The Balaban J connectivity index is 2.23. The van der Waals surface area contributed by atoms with E-state index in [9.17, 15) is 4.79 Å². The quantitative estimate of drug-likeness (QED) is 0.654. The summed E-state index contributed by atoms with van der Waals surface area (Å²) in [5.41, 5.74) is 0. The van der Waals surface area contributed by atoms with Gasteiger partial charge in [0.2, 0.25) is 0 Å². The smallest absolute Gasteiger partial charge is 0.322 e. The van der Waals surface area contributed by atoms with Crippen molar-refractivity contribution >= 4 is 5.97 Å². The topological polar surface area (TPSA) is 56.8 Å². The van der Waals surface area contributed by atoms with Crippen molar-refractivity contribution in [2.24, 2.45) is 0 Å². The highest BCUT2D eigenvalue weighted by Gasteiger charge is 2.20. The minimum absolute atomic E-state index is 0.0393. The molecule has 1 fully saturated rings. The van der Waals surface area contributed by atoms with Gasteiger partial charge in [0.15, 0.2) is 0 Å². The molecule has 88 valence electrons. The Kier molecular flexibility index (Phi) is 5.60. The third-order valence-corrected chi connectivity index (χ3v) is 2.37. The summed E-state index contributed by atoms with van der Waals surface area (Å²) in [6.45, 7) is 4.43. The van der Waals surface area contributed by atoms with Gasteiger partial charge in [-0.15, -0.1) is 0 Å². The molecular weight excluding hydrogens is 198 g/mol. The Morgan fingerprint density at radius 1 is 1.60 bits per heavy atom. The highest BCUT2D eigenvalue weighted by atomic mass is 16.6. The maximum Gasteiger partial charge on any atom is 0.322 e. The van der Waals surface area contributed by atoms with Crippen LogP contribution >= 0.6 is 0 Å². The third-order valence-electron chi connectivity index (χ3n) is 2.37. The summed E-state index contributed by atoms with van der Waals surface area (Å²) in [4.78, 5) is 11.3. The standard InChI is InChI=1S/C10H19NO4/c1-3-9(10(12)13-2)11-6-8-7-14-4-5-15-8/h8-9,11H,3-7H2,1-2H3. The van der Waals surface area contributed by atoms with E-state index in [1.54, 1.807) is 0 Å². The van der Waals surface area contributed by atoms with Crippen molar-refractivity contribution in [2.45, 2.75) is 25.5 Å². The van der Waals surface area contributed by atoms with Gasteiger partial charge in [0.25, 0.3) is 0 Å². The van der Waals surface area contributed by atoms with Gasteiger partial charge >= 0.3 is 5.97 Å². The first-order valence-corrected chi connectivity index (χ1v) is 5.28. The van der Waals surface area contributed by atoms with E-state index in [-0.39, 0.29) is 18.1 Å². The summed E-state index contributed by atoms with van der Waals surface area (Å²) in [6, 6.07) is -0.250. The molecule has 5 nitrogen and oxygen atoms in total. The number of esters is 1. The molecule has 1 N–H and O–H groups in total. The van der Waals surface area contributed by atoms with Crippen molar-refractivity contribution < 1.29 is 19.0 Å². The van der Waals surface area contributed by atoms with Crippen molar-refractivity contribution in [3.63, 3.8) is 0 Å². The first-order valence-electron chi connectivity index (χ1n) is 5.28. The molecule has 0 bridgehead atoms. The predicted octanol–water partition coefficient (Wildman–Crippen LogP) is -0.0570. The van der Waals surface area contributed by atoms with Crippen molar-refractivity contribution in [2.75, 3.05) is 33.5 Å². The largest absolute Gasteiger partial charge is 0.468 e. The molecular formula is C10H19NO4. The number of hydrogen-bond acceptors (Lipinski definition) is 5. The minimum Gasteiger partial charge on any atom is -0.468 e. The lowest BCUT2D eigenvalue weighted by Crippen LogP contribution is -2.44. The summed E-state index contributed by atoms with van der Waals surface area (Å²) in [7, 11) is 1.40. The number of rotatable bonds is 5. The van der Waals surface area contributed by atoms with Gasteiger partial charge in [-0.05, 0) is 6.42 Å². The Morgan fingerprint density at radius 2 is 2.40 bits per heavy atom. The molecule has 2 atom stereocenters. The lowest BCUT2D eigenvalue weighted by atomic mass is 10.2. The van der Waals surface area contributed by atoms with E-state index < -0.39 is 0 Å². The molecule has 0 aromatic heterocycles. The van der Waals surface area contributed by atoms with Gasteiger partial charge < -0.3 is 19.5 Å². The Hall–Kier alpha value is -0.650. The minimum atomic E-state index is -0.250. The Bertz CT molecular complexity index is 192. The van der Waals surface area contributed by atoms with Gasteiger partial charge in [-0.2, -0.15) is 0 Å². The molecule has 0 aromatic carbocycles. The maximum atomic E-state index is 11.3. The maximum absolute atomic E-state index is 11.3. The van der Waals surface area contributed by atoms with E-state index in [0.717, 1.165) is 0 Å². The summed E-state index contributed by atoms with van der Waals surface area (Å²) in [6.07, 6.45) is 0.748. The van der Waals surface area contributed by atoms with Gasteiger partial charge in [-0.3, -0.25) is 4.79 Å². The normalized spacial score (nSPS) is 23.5. The van der Waals surface area contributed by atoms with Crippen LogP contribution in [0.3, 0.4) is 0 Å². The second-order valence-corrected chi connectivity index (χ2v) is 3.46. The van der Waals surface area contributed by atoms with E-state index in [1.807, 2.05) is 6.92 Å². The molecule has 15 heavy (non-hydrogen) atoms. The zero-order chi connectivity index (χ0) is 11.1. The fraction of sp³-hybridized carbons (Fsp3) is 0.900. The highest BCUT2D eigenvalue weighted by molar-refractivity contribution is 5.75. The van der Waals surface area contributed by atoms with Crippen LogP contribution in [0.2, 0.25) is 0 Å². The van der Waals surface area contributed by atoms with Gasteiger partial charge in [0.05, 0.1) is 33.0 Å². The van der Waals surface area contributed by atoms with E-state index in [1.165, 1.54) is 7.11 Å². The molecule has 1 heterocycles. The third kappa shape index (κ3) is 4.15. The Labute approximate surface area is 90.1 Å². The van der Waals surface area contributed by atoms with Crippen LogP contribution in [-0.2, 0) is 19.0 Å². The van der Waals surface area contributed by atoms with Gasteiger partial charge in [-0.25, -0.2) is 0 Å². The molecule has 0 aliphatic carbocycles. The number of carbonyl (C=O) groups excluding carboxylic acids is 1. The summed E-state index contributed by atoms with van der Waals surface area (Å²) < 4.78 is 15.4. The zero-order valence-corrected chi connectivity index (χ0v) is 9.32. The molecule has 1 aliphatic heterocycles. The van der Waals surface area contributed by atoms with Crippen molar-refractivity contribution in [1.82, 2.24) is 5.32 Å². The molecule has 0 aromatic rings. The van der Waals surface area contributed by atoms with Gasteiger partial charge in [0, 0.05) is 6.54 Å². The number of nitrogens with one attached hydrogen (secondary N) is 1. The molecule has 0 spiro atoms. The van der Waals surface area contributed by atoms with Crippen LogP contribution in [0.4, 0.5) is 0 Å². The molecule has 0 radical (unpaired) electrons. The monoisotopic (exact) mass is 217 g/mol. The average molecular weight is 217 g/mol. The van der Waals surface area contributed by atoms with E-state index in [0.29, 0.717) is 32.8 Å². The van der Waals surface area contributed by atoms with Crippen LogP contribution in [0.15, 0.2) is 0 Å². The van der Waals surface area contributed by atoms with E-state index >= 15 is 0 Å². The summed E-state index contributed by atoms with van der Waals surface area (Å²) >= 11 is 0. The Morgan fingerprint density at radius 3 is 2.93 bits per heavy atom. The molecule has 1 rings (SSSR count). The van der Waals surface area contributed by atoms with Crippen LogP contribution in [0.1, 0.15) is 13.3 Å². The van der Waals surface area contributed by atoms with Crippen molar-refractivity contribution in [1.29, 1.82) is 0 Å². The van der Waals surface area contributed by atoms with Crippen LogP contribution in [0.5, 0.6) is 0 Å². The highest BCUT2D eigenvalue weighted by Crippen LogP contribution is 2.01. The number of hydrogen-bond donors (Lipinski definition) is 1. The number of methoxy groups -OCH3 is 1. The number of ether oxygens (including phenoxy) is 3. The van der Waals surface area contributed by atoms with E-state index in [2.05, 4.69) is 10.1 Å². The second-order valence-electron chi connectivity index (χ2n) is 3.46. The summed E-state index contributed by atoms with van der Waals surface area (Å²) in [5.74, 6) is -0.228. The molecule has 5 heteroatoms. The molecule has 0 saturated carbocycles. The fourth-order valence-electron chi connectivity index (χ4n) is 1.46. The van der Waals surface area contributed by atoms with Crippen LogP contribution in [-0.4, -0.2) is 51.6 Å². The lowest BCUT2D eigenvalue weighted by Gasteiger charge is -2.24. The fourth-order valence-corrected chi connectivity index (χ4v) is 1.46. The van der Waals surface area contributed by atoms with Crippen LogP contribution < -0.4 is 5.32 Å². The van der Waals surface area contributed by atoms with Crippen LogP contribution in [0.25, 0.3) is 0 Å². The van der Waals surface area contributed by atoms with Crippen molar-refractivity contribution in [3.05, 3.63) is 0 Å². The molecule has 2 unspecified atom stereocenters. The summed E-state index contributed by atoms with van der Waals surface area (Å²) in [5, 5.41) is 3.11. The predicted molar refractivity (Wildman–Crippen MR) is 54.7 cm³/mol. The zero-order valence-electron chi connectivity index (χ0n) is 9.32. The second kappa shape index (κ2) is 6.76. The number of carbonyl (C=O) groups is 1. The van der Waals surface area contributed by atoms with Gasteiger partial charge in [0.1, 0.15) is 6.04 Å². The molecule has 1 saturated heterocycles. The average Bonchev–Trinajstić information content (AvgIpc) is 2.31. The molecule has 0 amide bonds. The first-order chi connectivity index (χ1) is 7.27. The SMILES string of the molecule is CCC(NCC1COCCO1)C(=O)OC. The van der Waals surface area contributed by atoms with Gasteiger partial charge in [-0.1, -0.05) is 6.92 Å². The molecule has 1 aliphatic rings. The first kappa shape index (κ1) is 12.4. The lowest BCUT2D eigenvalue weighted by molar-refractivity contribution is -0.143. The van der Waals surface area contributed by atoms with Crippen LogP contribution in [0, 0.1) is 0 Å². The van der Waals surface area contributed by atoms with Crippen molar-refractivity contribution in [3.8, 4) is 0 Å².